The molecule has 678 valence electrons. The molecule has 0 bridgehead atoms. The van der Waals surface area contributed by atoms with Crippen LogP contribution in [0.3, 0.4) is 0 Å². The van der Waals surface area contributed by atoms with Crippen LogP contribution in [0, 0.1) is 31.2 Å². The maximum Gasteiger partial charge on any atom is 0.155 e. The number of pyridine rings is 4. The van der Waals surface area contributed by atoms with Crippen molar-refractivity contribution in [2.24, 2.45) is 0 Å². The number of para-hydroxylation sites is 2. The molecule has 0 atom stereocenters. The smallest absolute Gasteiger partial charge is 0.155 e. The van der Waals surface area contributed by atoms with Gasteiger partial charge < -0.3 is 30.4 Å². The first-order valence-electron chi connectivity index (χ1n) is 42.1. The van der Waals surface area contributed by atoms with E-state index in [-0.39, 0.29) is 127 Å². The van der Waals surface area contributed by atoms with Crippen LogP contribution in [0.25, 0.3) is 145 Å². The maximum atomic E-state index is 10.0. The van der Waals surface area contributed by atoms with Gasteiger partial charge in [-0.05, 0) is 176 Å². The second-order valence-corrected chi connectivity index (χ2v) is 30.0. The number of hydrogen-bond acceptors (Lipinski definition) is 12. The van der Waals surface area contributed by atoms with Crippen LogP contribution in [0.2, 0.25) is 0 Å². The number of allylic oxidation sites excluding steroid dienone is 8. The van der Waals surface area contributed by atoms with Crippen molar-refractivity contribution in [3.05, 3.63) is 459 Å². The van der Waals surface area contributed by atoms with Gasteiger partial charge in [0, 0.05) is 117 Å². The van der Waals surface area contributed by atoms with Crippen LogP contribution < -0.4 is 0 Å². The molecule has 0 amide bonds. The molecule has 0 saturated heterocycles. The van der Waals surface area contributed by atoms with E-state index in [1.54, 1.807) is 0 Å². The van der Waals surface area contributed by atoms with Gasteiger partial charge in [0.1, 0.15) is 0 Å². The predicted octanol–water partition coefficient (Wildman–Crippen LogP) is 29.2. The third-order valence-electron chi connectivity index (χ3n) is 19.4. The summed E-state index contributed by atoms with van der Waals surface area (Å²) >= 11 is 0. The second kappa shape index (κ2) is 56.9. The van der Waals surface area contributed by atoms with Crippen LogP contribution in [-0.4, -0.2) is 63.5 Å². The standard InChI is InChI=1S/C27H18N.C24H18N.C23H16N.C23H18N.4C5H8O2.4Ir/c1-3-10-20(11-4-1)22-15-9-16-24(18-22)27-25(21-12-5-2-6-13-21)19-23-14-7-8-17-26(23)28-27;1-18-15-23(20-11-6-3-7-12-20)17-25-24(18)22-14-8-13-21(16-22)19-9-4-2-5-10-19;1-3-9-18(10-4-1)20-13-7-14-21(17-20)23-22(15-8-16-24-23)19-11-5-2-6-12-19;1-2-17-15-20-11-6-7-14-22(20)24-23(17)21-13-8-12-19(16-21)18-9-4-3-5-10-18;4*1-4(6)3-5(2)7;;;;/h1-15,17-19H;2-13,15-17H,1H3;1-13,15-17H;3-12,14-16H,2H2,1H3;4*3,6H,1-2H3;;;;/q4*-1;;;;;;;;. The Morgan fingerprint density at radius 2 is 0.564 bits per heavy atom. The zero-order valence-electron chi connectivity index (χ0n) is 75.4. The molecule has 17 aromatic rings. The van der Waals surface area contributed by atoms with Crippen LogP contribution in [0.1, 0.15) is 73.4 Å². The minimum Gasteiger partial charge on any atom is -0.512 e. The van der Waals surface area contributed by atoms with E-state index in [9.17, 15) is 19.2 Å². The van der Waals surface area contributed by atoms with E-state index in [0.29, 0.717) is 0 Å². The number of carbonyl (C=O) groups excluding carboxylic acids is 4. The SMILES string of the molecule is CC(=O)C=C(C)O.CC(=O)C=C(C)O.CC(=O)C=C(C)O.CC(=O)C=C(C)O.CCc1cc2ccccc2nc1-c1[c-]ccc(-c2ccccc2)c1.Cc1cc(-c2ccccc2)cnc1-c1[c-]ccc(-c2ccccc2)c1.[Ir].[Ir].[Ir].[Ir].[c-]1ccc(-c2ccccc2)cc1-c1nc2ccccc2cc1-c1ccccc1.[c-]1ccc(-c2ccccc2)cc1-c1ncccc1-c1ccccc1. The van der Waals surface area contributed by atoms with Gasteiger partial charge in [0.05, 0.1) is 34.1 Å². The fourth-order valence-corrected chi connectivity index (χ4v) is 13.8. The number of aromatic nitrogens is 4. The first-order valence-corrected chi connectivity index (χ1v) is 42.1. The predicted molar refractivity (Wildman–Crippen MR) is 529 cm³/mol. The van der Waals surface area contributed by atoms with Crippen LogP contribution in [0.4, 0.5) is 0 Å². The summed E-state index contributed by atoms with van der Waals surface area (Å²) in [6, 6.07) is 139. The van der Waals surface area contributed by atoms with Crippen molar-refractivity contribution in [3.63, 3.8) is 0 Å². The molecule has 0 aliphatic rings. The summed E-state index contributed by atoms with van der Waals surface area (Å²) in [7, 11) is 0. The Morgan fingerprint density at radius 1 is 0.278 bits per heavy atom. The van der Waals surface area contributed by atoms with E-state index in [4.69, 9.17) is 35.4 Å². The van der Waals surface area contributed by atoms with Gasteiger partial charge in [0.25, 0.3) is 0 Å². The molecule has 133 heavy (non-hydrogen) atoms. The molecule has 12 nitrogen and oxygen atoms in total. The van der Waals surface area contributed by atoms with Gasteiger partial charge in [-0.2, -0.15) is 0 Å². The summed E-state index contributed by atoms with van der Waals surface area (Å²) in [5, 5.41) is 35.8. The molecule has 0 aliphatic heterocycles. The number of hydrogen-bond donors (Lipinski definition) is 4. The molecule has 16 heteroatoms. The quantitative estimate of drug-likeness (QED) is 0.0406. The van der Waals surface area contributed by atoms with Crippen molar-refractivity contribution in [1.29, 1.82) is 0 Å². The van der Waals surface area contributed by atoms with E-state index in [0.717, 1.165) is 95.7 Å². The fraction of sp³-hybridized carbons (Fsp3) is 0.0940. The summed E-state index contributed by atoms with van der Waals surface area (Å²) < 4.78 is 0. The number of carbonyl (C=O) groups is 4. The molecule has 13 aromatic carbocycles. The van der Waals surface area contributed by atoms with Gasteiger partial charge in [-0.25, -0.2) is 0 Å². The molecule has 0 saturated carbocycles. The molecular weight excluding hydrogens is 2360 g/mol. The summed E-state index contributed by atoms with van der Waals surface area (Å²) in [6.07, 6.45) is 9.40. The van der Waals surface area contributed by atoms with Crippen LogP contribution in [0.5, 0.6) is 0 Å². The Bertz CT molecular complexity index is 6570. The molecule has 0 spiro atoms. The summed E-state index contributed by atoms with van der Waals surface area (Å²) in [4.78, 5) is 59.4. The van der Waals surface area contributed by atoms with Gasteiger partial charge >= 0.3 is 0 Å². The van der Waals surface area contributed by atoms with Crippen LogP contribution in [-0.2, 0) is 106 Å². The number of nitrogens with zero attached hydrogens (tertiary/aromatic N) is 4. The number of rotatable bonds is 16. The first kappa shape index (κ1) is 108. The molecule has 4 radical (unpaired) electrons. The van der Waals surface area contributed by atoms with Gasteiger partial charge in [0.15, 0.2) is 23.1 Å². The third kappa shape index (κ3) is 34.9. The summed E-state index contributed by atoms with van der Waals surface area (Å²) in [5.41, 5.74) is 28.9. The Morgan fingerprint density at radius 3 is 0.887 bits per heavy atom. The number of fused-ring (bicyclic) bond motifs is 2. The molecule has 4 aromatic heterocycles. The number of aliphatic hydroxyl groups excluding tert-OH is 4. The fourth-order valence-electron chi connectivity index (χ4n) is 13.8. The Labute approximate surface area is 835 Å². The molecule has 4 N–H and O–H groups in total. The Hall–Kier alpha value is -13.6. The number of aliphatic hydroxyl groups is 4. The number of benzene rings is 13. The van der Waals surface area contributed by atoms with Crippen molar-refractivity contribution in [2.45, 2.75) is 75.7 Å². The van der Waals surface area contributed by atoms with Crippen LogP contribution >= 0.6 is 0 Å². The van der Waals surface area contributed by atoms with Crippen molar-refractivity contribution < 1.29 is 120 Å². The summed E-state index contributed by atoms with van der Waals surface area (Å²) in [6.45, 7) is 15.7. The average Bonchev–Trinajstić information content (AvgIpc) is 0.780. The van der Waals surface area contributed by atoms with E-state index in [1.807, 2.05) is 97.3 Å². The normalized spacial score (nSPS) is 10.5. The molecule has 0 aliphatic carbocycles. The monoisotopic (exact) mass is 2460 g/mol. The maximum absolute atomic E-state index is 10.0. The number of aryl methyl sites for hydroxylation is 2. The minimum atomic E-state index is -0.125. The zero-order chi connectivity index (χ0) is 91.8. The van der Waals surface area contributed by atoms with Gasteiger partial charge in [-0.1, -0.05) is 291 Å². The zero-order valence-corrected chi connectivity index (χ0v) is 84.9. The summed E-state index contributed by atoms with van der Waals surface area (Å²) in [5.74, 6) is -0.250. The Balaban J connectivity index is 0.000000246. The van der Waals surface area contributed by atoms with E-state index < -0.39 is 0 Å². The van der Waals surface area contributed by atoms with Crippen LogP contribution in [0.15, 0.2) is 424 Å². The first-order chi connectivity index (χ1) is 62.5. The number of ketones is 4. The molecule has 0 fully saturated rings. The van der Waals surface area contributed by atoms with Crippen molar-refractivity contribution in [3.8, 4) is 123 Å². The van der Waals surface area contributed by atoms with Crippen molar-refractivity contribution >= 4 is 44.9 Å². The van der Waals surface area contributed by atoms with E-state index >= 15 is 0 Å². The Kier molecular flexibility index (Phi) is 46.3. The van der Waals surface area contributed by atoms with Gasteiger partial charge in [-0.15, -0.1) is 142 Å². The van der Waals surface area contributed by atoms with E-state index in [2.05, 4.69) is 322 Å². The van der Waals surface area contributed by atoms with Crippen molar-refractivity contribution in [2.75, 3.05) is 0 Å². The minimum absolute atomic E-state index is 0. The van der Waals surface area contributed by atoms with Crippen molar-refractivity contribution in [1.82, 2.24) is 19.9 Å². The van der Waals surface area contributed by atoms with Gasteiger partial charge in [-0.3, -0.25) is 29.1 Å². The molecule has 4 heterocycles. The van der Waals surface area contributed by atoms with Gasteiger partial charge in [0.2, 0.25) is 0 Å². The topological polar surface area (TPSA) is 201 Å². The molecular formula is C117H102Ir4N4O8-4. The molecule has 0 unspecified atom stereocenters. The molecule has 17 rings (SSSR count). The third-order valence-corrected chi connectivity index (χ3v) is 19.4. The average molecular weight is 2460 g/mol. The largest absolute Gasteiger partial charge is 0.512 e. The van der Waals surface area contributed by atoms with E-state index in [1.165, 1.54) is 146 Å². The second-order valence-electron chi connectivity index (χ2n) is 30.0.